The Kier molecular flexibility index (Phi) is 7.49. The summed E-state index contributed by atoms with van der Waals surface area (Å²) in [6.45, 7) is 9.71. The molecule has 4 heteroatoms. The molecular formula is C17H27Cl2NO. The molecule has 1 rings (SSSR count). The number of hydrogen-bond acceptors (Lipinski definition) is 2. The summed E-state index contributed by atoms with van der Waals surface area (Å²) in [5.41, 5.74) is 1.11. The Labute approximate surface area is 139 Å². The molecule has 0 spiro atoms. The minimum absolute atomic E-state index is 0.0468. The van der Waals surface area contributed by atoms with Gasteiger partial charge in [0.25, 0.3) is 0 Å². The zero-order valence-corrected chi connectivity index (χ0v) is 15.2. The molecule has 0 heterocycles. The van der Waals surface area contributed by atoms with Gasteiger partial charge < -0.3 is 10.1 Å². The van der Waals surface area contributed by atoms with Gasteiger partial charge in [0, 0.05) is 23.2 Å². The number of hydrogen-bond donors (Lipinski definition) is 1. The molecule has 0 amide bonds. The highest BCUT2D eigenvalue weighted by atomic mass is 35.5. The zero-order valence-electron chi connectivity index (χ0n) is 13.7. The molecule has 0 saturated heterocycles. The maximum Gasteiger partial charge on any atom is 0.0775 e. The van der Waals surface area contributed by atoms with Crippen molar-refractivity contribution in [2.45, 2.75) is 52.7 Å². The van der Waals surface area contributed by atoms with E-state index in [1.165, 1.54) is 0 Å². The molecule has 0 aliphatic carbocycles. The third kappa shape index (κ3) is 5.78. The highest BCUT2D eigenvalue weighted by Crippen LogP contribution is 2.29. The molecule has 0 radical (unpaired) electrons. The SMILES string of the molecule is CCCNC(Cc1cc(Cl)ccc1Cl)C(OC)C(C)(C)C. The van der Waals surface area contributed by atoms with Crippen molar-refractivity contribution in [3.8, 4) is 0 Å². The van der Waals surface area contributed by atoms with Gasteiger partial charge >= 0.3 is 0 Å². The van der Waals surface area contributed by atoms with Gasteiger partial charge in [-0.25, -0.2) is 0 Å². The standard InChI is InChI=1S/C17H27Cl2NO/c1-6-9-20-15(16(21-5)17(2,3)4)11-12-10-13(18)7-8-14(12)19/h7-8,10,15-16,20H,6,9,11H2,1-5H3. The molecule has 2 atom stereocenters. The fourth-order valence-electron chi connectivity index (χ4n) is 2.67. The van der Waals surface area contributed by atoms with E-state index < -0.39 is 0 Å². The smallest absolute Gasteiger partial charge is 0.0775 e. The summed E-state index contributed by atoms with van der Waals surface area (Å²) in [7, 11) is 1.77. The highest BCUT2D eigenvalue weighted by Gasteiger charge is 2.32. The summed E-state index contributed by atoms with van der Waals surface area (Å²) in [4.78, 5) is 0. The Morgan fingerprint density at radius 3 is 2.43 bits per heavy atom. The number of rotatable bonds is 7. The molecular weight excluding hydrogens is 305 g/mol. The lowest BCUT2D eigenvalue weighted by molar-refractivity contribution is -0.0109. The molecule has 2 unspecified atom stereocenters. The van der Waals surface area contributed by atoms with Crippen LogP contribution < -0.4 is 5.32 Å². The fourth-order valence-corrected chi connectivity index (χ4v) is 3.06. The summed E-state index contributed by atoms with van der Waals surface area (Å²) in [5.74, 6) is 0. The van der Waals surface area contributed by atoms with Crippen molar-refractivity contribution in [3.05, 3.63) is 33.8 Å². The predicted molar refractivity (Wildman–Crippen MR) is 92.5 cm³/mol. The number of halogens is 2. The van der Waals surface area contributed by atoms with Crippen LogP contribution in [0.1, 0.15) is 39.7 Å². The molecule has 0 saturated carbocycles. The first-order valence-electron chi connectivity index (χ1n) is 7.49. The van der Waals surface area contributed by atoms with E-state index in [2.05, 4.69) is 33.0 Å². The van der Waals surface area contributed by atoms with Crippen molar-refractivity contribution in [1.29, 1.82) is 0 Å². The van der Waals surface area contributed by atoms with Crippen LogP contribution in [-0.2, 0) is 11.2 Å². The van der Waals surface area contributed by atoms with Crippen LogP contribution in [0.25, 0.3) is 0 Å². The van der Waals surface area contributed by atoms with Crippen molar-refractivity contribution in [2.75, 3.05) is 13.7 Å². The summed E-state index contributed by atoms with van der Waals surface area (Å²) < 4.78 is 5.78. The second-order valence-corrected chi connectivity index (χ2v) is 7.37. The Morgan fingerprint density at radius 1 is 1.24 bits per heavy atom. The van der Waals surface area contributed by atoms with Crippen LogP contribution in [-0.4, -0.2) is 25.8 Å². The van der Waals surface area contributed by atoms with Gasteiger partial charge in [-0.1, -0.05) is 50.9 Å². The molecule has 0 aliphatic rings. The van der Waals surface area contributed by atoms with E-state index in [9.17, 15) is 0 Å². The van der Waals surface area contributed by atoms with E-state index in [1.54, 1.807) is 7.11 Å². The fraction of sp³-hybridized carbons (Fsp3) is 0.647. The zero-order chi connectivity index (χ0) is 16.0. The first-order valence-corrected chi connectivity index (χ1v) is 8.25. The first kappa shape index (κ1) is 18.8. The van der Waals surface area contributed by atoms with Crippen LogP contribution in [0.5, 0.6) is 0 Å². The van der Waals surface area contributed by atoms with Gasteiger partial charge in [-0.3, -0.25) is 0 Å². The highest BCUT2D eigenvalue weighted by molar-refractivity contribution is 6.33. The van der Waals surface area contributed by atoms with E-state index in [0.717, 1.165) is 30.0 Å². The Hall–Kier alpha value is -0.280. The molecule has 2 nitrogen and oxygen atoms in total. The molecule has 21 heavy (non-hydrogen) atoms. The second-order valence-electron chi connectivity index (χ2n) is 6.52. The summed E-state index contributed by atoms with van der Waals surface area (Å²) in [6, 6.07) is 5.82. The lowest BCUT2D eigenvalue weighted by Crippen LogP contribution is -2.49. The van der Waals surface area contributed by atoms with Crippen LogP contribution in [0.2, 0.25) is 10.0 Å². The minimum Gasteiger partial charge on any atom is -0.379 e. The average molecular weight is 332 g/mol. The summed E-state index contributed by atoms with van der Waals surface area (Å²) in [6.07, 6.45) is 1.98. The lowest BCUT2D eigenvalue weighted by Gasteiger charge is -2.37. The molecule has 0 bridgehead atoms. The predicted octanol–water partition coefficient (Wildman–Crippen LogP) is 4.97. The Balaban J connectivity index is 2.99. The van der Waals surface area contributed by atoms with Crippen LogP contribution in [0.15, 0.2) is 18.2 Å². The van der Waals surface area contributed by atoms with Crippen LogP contribution in [0.3, 0.4) is 0 Å². The number of methoxy groups -OCH3 is 1. The van der Waals surface area contributed by atoms with E-state index in [0.29, 0.717) is 5.02 Å². The third-order valence-electron chi connectivity index (χ3n) is 3.58. The van der Waals surface area contributed by atoms with Crippen LogP contribution in [0, 0.1) is 5.41 Å². The Bertz CT molecular complexity index is 443. The first-order chi connectivity index (χ1) is 9.79. The van der Waals surface area contributed by atoms with Crippen molar-refractivity contribution in [1.82, 2.24) is 5.32 Å². The van der Waals surface area contributed by atoms with Crippen molar-refractivity contribution in [3.63, 3.8) is 0 Å². The molecule has 0 aromatic heterocycles. The molecule has 0 fully saturated rings. The van der Waals surface area contributed by atoms with Crippen LogP contribution >= 0.6 is 23.2 Å². The van der Waals surface area contributed by atoms with Gasteiger partial charge in [-0.2, -0.15) is 0 Å². The number of ether oxygens (including phenoxy) is 1. The monoisotopic (exact) mass is 331 g/mol. The molecule has 1 aromatic carbocycles. The maximum absolute atomic E-state index is 6.31. The molecule has 1 aromatic rings. The van der Waals surface area contributed by atoms with E-state index in [1.807, 2.05) is 18.2 Å². The van der Waals surface area contributed by atoms with E-state index >= 15 is 0 Å². The summed E-state index contributed by atoms with van der Waals surface area (Å²) >= 11 is 12.4. The quantitative estimate of drug-likeness (QED) is 0.761. The lowest BCUT2D eigenvalue weighted by atomic mass is 9.82. The third-order valence-corrected chi connectivity index (χ3v) is 4.18. The Morgan fingerprint density at radius 2 is 1.90 bits per heavy atom. The van der Waals surface area contributed by atoms with E-state index in [-0.39, 0.29) is 17.6 Å². The average Bonchev–Trinajstić information content (AvgIpc) is 2.39. The van der Waals surface area contributed by atoms with Crippen LogP contribution in [0.4, 0.5) is 0 Å². The number of benzene rings is 1. The van der Waals surface area contributed by atoms with Gasteiger partial charge in [0.15, 0.2) is 0 Å². The normalized spacial score (nSPS) is 15.0. The van der Waals surface area contributed by atoms with Crippen molar-refractivity contribution in [2.24, 2.45) is 5.41 Å². The van der Waals surface area contributed by atoms with Gasteiger partial charge in [0.1, 0.15) is 0 Å². The molecule has 1 N–H and O–H groups in total. The van der Waals surface area contributed by atoms with Gasteiger partial charge in [-0.15, -0.1) is 0 Å². The van der Waals surface area contributed by atoms with Gasteiger partial charge in [0.2, 0.25) is 0 Å². The number of nitrogens with one attached hydrogen (secondary N) is 1. The van der Waals surface area contributed by atoms with Crippen molar-refractivity contribution >= 4 is 23.2 Å². The van der Waals surface area contributed by atoms with Gasteiger partial charge in [-0.05, 0) is 48.6 Å². The minimum atomic E-state index is 0.0468. The maximum atomic E-state index is 6.31. The largest absolute Gasteiger partial charge is 0.379 e. The summed E-state index contributed by atoms with van der Waals surface area (Å²) in [5, 5.41) is 5.07. The topological polar surface area (TPSA) is 21.3 Å². The van der Waals surface area contributed by atoms with Gasteiger partial charge in [0.05, 0.1) is 6.10 Å². The molecule has 120 valence electrons. The molecule has 0 aliphatic heterocycles. The van der Waals surface area contributed by atoms with E-state index in [4.69, 9.17) is 27.9 Å². The van der Waals surface area contributed by atoms with Crippen molar-refractivity contribution < 1.29 is 4.74 Å². The second kappa shape index (κ2) is 8.38.